The monoisotopic (exact) mass is 745 g/mol. The molecule has 1 aliphatic carbocycles. The number of hydrogen-bond acceptors (Lipinski definition) is 5. The quantitative estimate of drug-likeness (QED) is 0.176. The number of nitrogens with zero attached hydrogens (tertiary/aromatic N) is 3. The predicted molar refractivity (Wildman–Crippen MR) is 234 cm³/mol. The molecule has 5 heteroatoms. The summed E-state index contributed by atoms with van der Waals surface area (Å²) in [5.41, 5.74) is 10.8. The Balaban J connectivity index is 1.29. The van der Waals surface area contributed by atoms with Gasteiger partial charge in [-0.25, -0.2) is 15.0 Å². The largest absolute Gasteiger partial charge is 0.455 e. The fourth-order valence-corrected chi connectivity index (χ4v) is 10.5. The van der Waals surface area contributed by atoms with E-state index in [0.29, 0.717) is 17.5 Å². The zero-order chi connectivity index (χ0) is 37.5. The molecule has 0 saturated heterocycles. The Labute approximate surface area is 332 Å². The third kappa shape index (κ3) is 4.64. The van der Waals surface area contributed by atoms with Gasteiger partial charge < -0.3 is 4.42 Å². The van der Waals surface area contributed by atoms with Crippen LogP contribution in [-0.4, -0.2) is 15.0 Å². The second-order valence-corrected chi connectivity index (χ2v) is 15.7. The molecule has 11 aromatic rings. The van der Waals surface area contributed by atoms with Gasteiger partial charge in [0.15, 0.2) is 17.5 Å². The van der Waals surface area contributed by atoms with E-state index in [4.69, 9.17) is 19.4 Å². The SMILES string of the molecule is c1ccc(-c2nc(-c3ccccc3)nc(-c3cc4c(c5oc6ccccc6c35)-c3c(ccc5c3sc3ccccc35)C4(c3ccccc3)c3ccccc3)n2)cc1. The van der Waals surface area contributed by atoms with Gasteiger partial charge in [-0.05, 0) is 40.5 Å². The molecule has 8 aromatic carbocycles. The maximum absolute atomic E-state index is 7.17. The highest BCUT2D eigenvalue weighted by molar-refractivity contribution is 7.26. The van der Waals surface area contributed by atoms with Crippen LogP contribution in [0.4, 0.5) is 0 Å². The zero-order valence-corrected chi connectivity index (χ0v) is 31.4. The molecule has 0 fully saturated rings. The van der Waals surface area contributed by atoms with Gasteiger partial charge >= 0.3 is 0 Å². The first-order valence-electron chi connectivity index (χ1n) is 19.2. The molecule has 0 radical (unpaired) electrons. The smallest absolute Gasteiger partial charge is 0.164 e. The normalized spacial score (nSPS) is 13.1. The molecule has 4 nitrogen and oxygen atoms in total. The van der Waals surface area contributed by atoms with E-state index in [0.717, 1.165) is 49.8 Å². The van der Waals surface area contributed by atoms with Crippen molar-refractivity contribution < 1.29 is 4.42 Å². The third-order valence-corrected chi connectivity index (χ3v) is 12.8. The maximum atomic E-state index is 7.17. The second kappa shape index (κ2) is 12.4. The Kier molecular flexibility index (Phi) is 6.98. The summed E-state index contributed by atoms with van der Waals surface area (Å²) >= 11 is 1.86. The van der Waals surface area contributed by atoms with Crippen LogP contribution < -0.4 is 0 Å². The molecular formula is C52H31N3OS. The molecule has 0 unspecified atom stereocenters. The fraction of sp³-hybridized carbons (Fsp3) is 0.0192. The van der Waals surface area contributed by atoms with Crippen molar-refractivity contribution >= 4 is 53.4 Å². The summed E-state index contributed by atoms with van der Waals surface area (Å²) in [5.74, 6) is 1.84. The van der Waals surface area contributed by atoms with Crippen LogP contribution in [0.3, 0.4) is 0 Å². The Hall–Kier alpha value is -7.21. The van der Waals surface area contributed by atoms with Crippen LogP contribution in [0.5, 0.6) is 0 Å². The van der Waals surface area contributed by atoms with Crippen LogP contribution in [0.2, 0.25) is 0 Å². The average molecular weight is 746 g/mol. The molecular weight excluding hydrogens is 715 g/mol. The van der Waals surface area contributed by atoms with E-state index >= 15 is 0 Å². The van der Waals surface area contributed by atoms with Crippen LogP contribution >= 0.6 is 11.3 Å². The topological polar surface area (TPSA) is 51.8 Å². The van der Waals surface area contributed by atoms with Crippen molar-refractivity contribution in [1.82, 2.24) is 15.0 Å². The van der Waals surface area contributed by atoms with Gasteiger partial charge in [0.25, 0.3) is 0 Å². The molecule has 3 heterocycles. The molecule has 0 N–H and O–H groups in total. The first-order chi connectivity index (χ1) is 28.3. The first kappa shape index (κ1) is 32.1. The molecule has 0 atom stereocenters. The minimum Gasteiger partial charge on any atom is -0.455 e. The van der Waals surface area contributed by atoms with Crippen LogP contribution in [0.25, 0.3) is 87.4 Å². The number of fused-ring (bicyclic) bond motifs is 11. The second-order valence-electron chi connectivity index (χ2n) is 14.6. The lowest BCUT2D eigenvalue weighted by Crippen LogP contribution is -2.28. The molecule has 0 spiro atoms. The van der Waals surface area contributed by atoms with E-state index in [1.54, 1.807) is 0 Å². The van der Waals surface area contributed by atoms with Gasteiger partial charge in [0, 0.05) is 58.8 Å². The maximum Gasteiger partial charge on any atom is 0.164 e. The van der Waals surface area contributed by atoms with E-state index < -0.39 is 5.41 Å². The number of thiophene rings is 1. The molecule has 0 aliphatic heterocycles. The number of benzene rings is 8. The summed E-state index contributed by atoms with van der Waals surface area (Å²) in [6.07, 6.45) is 0. The Bertz CT molecular complexity index is 3240. The van der Waals surface area contributed by atoms with Gasteiger partial charge in [-0.3, -0.25) is 0 Å². The number of aromatic nitrogens is 3. The molecule has 57 heavy (non-hydrogen) atoms. The lowest BCUT2D eigenvalue weighted by atomic mass is 9.67. The summed E-state index contributed by atoms with van der Waals surface area (Å²) in [5, 5.41) is 4.54. The Morgan fingerprint density at radius 2 is 0.982 bits per heavy atom. The average Bonchev–Trinajstić information content (AvgIpc) is 3.96. The third-order valence-electron chi connectivity index (χ3n) is 11.6. The highest BCUT2D eigenvalue weighted by Crippen LogP contribution is 2.62. The molecule has 12 rings (SSSR count). The number of hydrogen-bond donors (Lipinski definition) is 0. The zero-order valence-electron chi connectivity index (χ0n) is 30.6. The lowest BCUT2D eigenvalue weighted by Gasteiger charge is -2.34. The number of furan rings is 1. The molecule has 1 aliphatic rings. The first-order valence-corrected chi connectivity index (χ1v) is 20.0. The highest BCUT2D eigenvalue weighted by atomic mass is 32.1. The lowest BCUT2D eigenvalue weighted by molar-refractivity contribution is 0.669. The van der Waals surface area contributed by atoms with Gasteiger partial charge in [-0.15, -0.1) is 11.3 Å². The van der Waals surface area contributed by atoms with Crippen molar-refractivity contribution in [1.29, 1.82) is 0 Å². The van der Waals surface area contributed by atoms with Gasteiger partial charge in [-0.1, -0.05) is 170 Å². The van der Waals surface area contributed by atoms with Crippen molar-refractivity contribution in [2.75, 3.05) is 0 Å². The summed E-state index contributed by atoms with van der Waals surface area (Å²) in [6, 6.07) is 66.5. The summed E-state index contributed by atoms with van der Waals surface area (Å²) < 4.78 is 9.69. The van der Waals surface area contributed by atoms with E-state index in [1.807, 2.05) is 53.8 Å². The molecule has 266 valence electrons. The van der Waals surface area contributed by atoms with E-state index in [2.05, 4.69) is 146 Å². The van der Waals surface area contributed by atoms with Crippen molar-refractivity contribution in [3.63, 3.8) is 0 Å². The van der Waals surface area contributed by atoms with E-state index in [1.165, 1.54) is 42.4 Å². The summed E-state index contributed by atoms with van der Waals surface area (Å²) in [7, 11) is 0. The molecule has 0 bridgehead atoms. The van der Waals surface area contributed by atoms with E-state index in [9.17, 15) is 0 Å². The summed E-state index contributed by atoms with van der Waals surface area (Å²) in [6.45, 7) is 0. The van der Waals surface area contributed by atoms with Crippen molar-refractivity contribution in [3.05, 3.63) is 210 Å². The fourth-order valence-electron chi connectivity index (χ4n) is 9.21. The summed E-state index contributed by atoms with van der Waals surface area (Å²) in [4.78, 5) is 15.7. The molecule has 3 aromatic heterocycles. The minimum absolute atomic E-state index is 0.597. The van der Waals surface area contributed by atoms with Crippen molar-refractivity contribution in [3.8, 4) is 45.3 Å². The van der Waals surface area contributed by atoms with Gasteiger partial charge in [0.2, 0.25) is 0 Å². The predicted octanol–water partition coefficient (Wildman–Crippen LogP) is 13.5. The van der Waals surface area contributed by atoms with Crippen LogP contribution in [0.15, 0.2) is 192 Å². The van der Waals surface area contributed by atoms with Crippen LogP contribution in [0, 0.1) is 0 Å². The van der Waals surface area contributed by atoms with E-state index in [-0.39, 0.29) is 0 Å². The number of rotatable bonds is 5. The van der Waals surface area contributed by atoms with Crippen LogP contribution in [-0.2, 0) is 5.41 Å². The van der Waals surface area contributed by atoms with Gasteiger partial charge in [0.05, 0.1) is 5.41 Å². The van der Waals surface area contributed by atoms with Gasteiger partial charge in [-0.2, -0.15) is 0 Å². The van der Waals surface area contributed by atoms with Crippen LogP contribution in [0.1, 0.15) is 22.3 Å². The number of para-hydroxylation sites is 1. The molecule has 0 saturated carbocycles. The highest BCUT2D eigenvalue weighted by Gasteiger charge is 2.49. The van der Waals surface area contributed by atoms with Gasteiger partial charge in [0.1, 0.15) is 11.2 Å². The standard InChI is InChI=1S/C52H31N3OS/c1-5-17-32(18-6-1)49-53-50(33-19-7-2-8-20-33)55-51(54-49)39-31-41-45(47-44(39)38-26-13-15-27-42(38)56-47)46-40(30-29-37-36-25-14-16-28-43(36)57-48(37)46)52(41,34-21-9-3-10-22-34)35-23-11-4-12-24-35/h1-31H. The molecule has 0 amide bonds. The van der Waals surface area contributed by atoms with Crippen molar-refractivity contribution in [2.24, 2.45) is 0 Å². The van der Waals surface area contributed by atoms with Crippen molar-refractivity contribution in [2.45, 2.75) is 5.41 Å². The Morgan fingerprint density at radius 3 is 1.63 bits per heavy atom. The Morgan fingerprint density at radius 1 is 0.439 bits per heavy atom. The minimum atomic E-state index is -0.684.